The molecule has 2 aromatic rings. The lowest BCUT2D eigenvalue weighted by Crippen LogP contribution is -2.39. The molecule has 1 heterocycles. The molecule has 0 aliphatic carbocycles. The minimum Gasteiger partial charge on any atom is -0.481 e. The fourth-order valence-corrected chi connectivity index (χ4v) is 2.97. The van der Waals surface area contributed by atoms with Crippen LogP contribution >= 0.6 is 0 Å². The second kappa shape index (κ2) is 6.69. The van der Waals surface area contributed by atoms with Crippen molar-refractivity contribution in [3.63, 3.8) is 0 Å². The Morgan fingerprint density at radius 1 is 1.17 bits per heavy atom. The van der Waals surface area contributed by atoms with E-state index >= 15 is 0 Å². The highest BCUT2D eigenvalue weighted by Gasteiger charge is 2.30. The molecule has 1 saturated heterocycles. The Morgan fingerprint density at radius 3 is 2.70 bits per heavy atom. The van der Waals surface area contributed by atoms with Gasteiger partial charge in [-0.1, -0.05) is 42.5 Å². The number of hydrogen-bond donors (Lipinski definition) is 2. The minimum absolute atomic E-state index is 0.172. The molecule has 5 heteroatoms. The van der Waals surface area contributed by atoms with E-state index in [-0.39, 0.29) is 6.03 Å². The normalized spacial score (nSPS) is 17.4. The lowest BCUT2D eigenvalue weighted by molar-refractivity contribution is -0.141. The standard InChI is InChI=1S/C18H20N2O3/c21-17(22)16-8-10-20(12-16)18(23)19-9-7-13-5-6-14-3-1-2-4-15(14)11-13/h1-6,11,16H,7-10,12H2,(H,19,23)(H,21,22). The Balaban J connectivity index is 1.50. The van der Waals surface area contributed by atoms with Gasteiger partial charge in [0.05, 0.1) is 5.92 Å². The highest BCUT2D eigenvalue weighted by molar-refractivity contribution is 5.83. The summed E-state index contributed by atoms with van der Waals surface area (Å²) in [6, 6.07) is 14.3. The van der Waals surface area contributed by atoms with Crippen LogP contribution in [0.5, 0.6) is 0 Å². The number of carboxylic acid groups (broad SMARTS) is 1. The zero-order chi connectivity index (χ0) is 16.2. The van der Waals surface area contributed by atoms with Gasteiger partial charge in [0, 0.05) is 19.6 Å². The highest BCUT2D eigenvalue weighted by atomic mass is 16.4. The maximum atomic E-state index is 12.0. The van der Waals surface area contributed by atoms with E-state index in [2.05, 4.69) is 35.6 Å². The third kappa shape index (κ3) is 3.62. The third-order valence-corrected chi connectivity index (χ3v) is 4.33. The Labute approximate surface area is 134 Å². The summed E-state index contributed by atoms with van der Waals surface area (Å²) in [6.07, 6.45) is 1.29. The molecule has 0 bridgehead atoms. The van der Waals surface area contributed by atoms with Crippen LogP contribution in [0.2, 0.25) is 0 Å². The lowest BCUT2D eigenvalue weighted by atomic mass is 10.1. The van der Waals surface area contributed by atoms with Crippen LogP contribution in [0.1, 0.15) is 12.0 Å². The van der Waals surface area contributed by atoms with Gasteiger partial charge in [0.25, 0.3) is 0 Å². The first-order valence-electron chi connectivity index (χ1n) is 7.87. The number of carbonyl (C=O) groups is 2. The molecule has 1 aliphatic rings. The maximum absolute atomic E-state index is 12.0. The van der Waals surface area contributed by atoms with Crippen LogP contribution in [-0.4, -0.2) is 41.6 Å². The Kier molecular flexibility index (Phi) is 4.46. The van der Waals surface area contributed by atoms with Crippen LogP contribution in [0.15, 0.2) is 42.5 Å². The van der Waals surface area contributed by atoms with Gasteiger partial charge in [-0.15, -0.1) is 0 Å². The van der Waals surface area contributed by atoms with Gasteiger partial charge in [-0.25, -0.2) is 4.79 Å². The molecule has 2 amide bonds. The fraction of sp³-hybridized carbons (Fsp3) is 0.333. The predicted molar refractivity (Wildman–Crippen MR) is 88.4 cm³/mol. The molecule has 5 nitrogen and oxygen atoms in total. The van der Waals surface area contributed by atoms with E-state index < -0.39 is 11.9 Å². The molecular formula is C18H20N2O3. The van der Waals surface area contributed by atoms with Gasteiger partial charge in [0.1, 0.15) is 0 Å². The molecule has 1 unspecified atom stereocenters. The molecule has 0 radical (unpaired) electrons. The molecule has 1 atom stereocenters. The first kappa shape index (κ1) is 15.3. The average molecular weight is 312 g/mol. The van der Waals surface area contributed by atoms with Gasteiger partial charge in [-0.05, 0) is 29.2 Å². The van der Waals surface area contributed by atoms with Crippen molar-refractivity contribution in [2.75, 3.05) is 19.6 Å². The van der Waals surface area contributed by atoms with Crippen LogP contribution in [0.3, 0.4) is 0 Å². The van der Waals surface area contributed by atoms with Crippen molar-refractivity contribution in [3.05, 3.63) is 48.0 Å². The number of aliphatic carboxylic acids is 1. The second-order valence-corrected chi connectivity index (χ2v) is 5.93. The molecule has 2 N–H and O–H groups in total. The Hall–Kier alpha value is -2.56. The molecule has 0 aromatic heterocycles. The largest absolute Gasteiger partial charge is 0.481 e. The van der Waals surface area contributed by atoms with Crippen molar-refractivity contribution in [1.82, 2.24) is 10.2 Å². The number of benzene rings is 2. The summed E-state index contributed by atoms with van der Waals surface area (Å²) in [6.45, 7) is 1.36. The zero-order valence-electron chi connectivity index (χ0n) is 12.9. The number of nitrogens with zero attached hydrogens (tertiary/aromatic N) is 1. The summed E-state index contributed by atoms with van der Waals surface area (Å²) in [5.41, 5.74) is 1.17. The summed E-state index contributed by atoms with van der Waals surface area (Å²) >= 11 is 0. The van der Waals surface area contributed by atoms with Crippen LogP contribution in [0, 0.1) is 5.92 Å². The van der Waals surface area contributed by atoms with Crippen molar-refractivity contribution < 1.29 is 14.7 Å². The Morgan fingerprint density at radius 2 is 1.96 bits per heavy atom. The fourth-order valence-electron chi connectivity index (χ4n) is 2.97. The van der Waals surface area contributed by atoms with Gasteiger partial charge in [-0.3, -0.25) is 4.79 Å². The molecule has 1 fully saturated rings. The molecule has 0 spiro atoms. The summed E-state index contributed by atoms with van der Waals surface area (Å²) < 4.78 is 0. The third-order valence-electron chi connectivity index (χ3n) is 4.33. The Bertz CT molecular complexity index is 729. The van der Waals surface area contributed by atoms with E-state index in [0.717, 1.165) is 6.42 Å². The monoisotopic (exact) mass is 312 g/mol. The molecule has 23 heavy (non-hydrogen) atoms. The number of amides is 2. The number of likely N-dealkylation sites (tertiary alicyclic amines) is 1. The summed E-state index contributed by atoms with van der Waals surface area (Å²) in [5.74, 6) is -1.25. The average Bonchev–Trinajstić information content (AvgIpc) is 3.05. The molecule has 120 valence electrons. The quantitative estimate of drug-likeness (QED) is 0.911. The topological polar surface area (TPSA) is 69.6 Å². The van der Waals surface area contributed by atoms with E-state index in [4.69, 9.17) is 5.11 Å². The van der Waals surface area contributed by atoms with Gasteiger partial charge >= 0.3 is 12.0 Å². The van der Waals surface area contributed by atoms with Gasteiger partial charge in [0.15, 0.2) is 0 Å². The van der Waals surface area contributed by atoms with E-state index in [1.807, 2.05) is 12.1 Å². The molecule has 2 aromatic carbocycles. The number of carbonyl (C=O) groups excluding carboxylic acids is 1. The van der Waals surface area contributed by atoms with Crippen molar-refractivity contribution >= 4 is 22.8 Å². The SMILES string of the molecule is O=C(O)C1CCN(C(=O)NCCc2ccc3ccccc3c2)C1. The second-order valence-electron chi connectivity index (χ2n) is 5.93. The maximum Gasteiger partial charge on any atom is 0.317 e. The minimum atomic E-state index is -0.823. The number of hydrogen-bond acceptors (Lipinski definition) is 2. The number of carboxylic acids is 1. The number of nitrogens with one attached hydrogen (secondary N) is 1. The molecule has 3 rings (SSSR count). The van der Waals surface area contributed by atoms with E-state index in [0.29, 0.717) is 26.1 Å². The van der Waals surface area contributed by atoms with E-state index in [9.17, 15) is 9.59 Å². The van der Waals surface area contributed by atoms with E-state index in [1.54, 1.807) is 4.90 Å². The van der Waals surface area contributed by atoms with Crippen molar-refractivity contribution in [1.29, 1.82) is 0 Å². The number of urea groups is 1. The van der Waals surface area contributed by atoms with Gasteiger partial charge < -0.3 is 15.3 Å². The van der Waals surface area contributed by atoms with E-state index in [1.165, 1.54) is 16.3 Å². The predicted octanol–water partition coefficient (Wildman–Crippen LogP) is 2.50. The molecule has 1 aliphatic heterocycles. The zero-order valence-corrected chi connectivity index (χ0v) is 12.9. The van der Waals surface area contributed by atoms with Crippen LogP contribution < -0.4 is 5.32 Å². The van der Waals surface area contributed by atoms with Crippen LogP contribution in [0.4, 0.5) is 4.79 Å². The summed E-state index contributed by atoms with van der Waals surface area (Å²) in [4.78, 5) is 24.5. The molecule has 0 saturated carbocycles. The lowest BCUT2D eigenvalue weighted by Gasteiger charge is -2.16. The highest BCUT2D eigenvalue weighted by Crippen LogP contribution is 2.17. The number of rotatable bonds is 4. The first-order valence-corrected chi connectivity index (χ1v) is 7.87. The first-order chi connectivity index (χ1) is 11.1. The molecular weight excluding hydrogens is 292 g/mol. The number of fused-ring (bicyclic) bond motifs is 1. The van der Waals surface area contributed by atoms with Gasteiger partial charge in [0.2, 0.25) is 0 Å². The van der Waals surface area contributed by atoms with Crippen molar-refractivity contribution in [3.8, 4) is 0 Å². The van der Waals surface area contributed by atoms with Crippen molar-refractivity contribution in [2.45, 2.75) is 12.8 Å². The van der Waals surface area contributed by atoms with Gasteiger partial charge in [-0.2, -0.15) is 0 Å². The summed E-state index contributed by atoms with van der Waals surface area (Å²) in [5, 5.41) is 14.2. The van der Waals surface area contributed by atoms with Crippen LogP contribution in [-0.2, 0) is 11.2 Å². The summed E-state index contributed by atoms with van der Waals surface area (Å²) in [7, 11) is 0. The van der Waals surface area contributed by atoms with Crippen LogP contribution in [0.25, 0.3) is 10.8 Å². The van der Waals surface area contributed by atoms with Crippen molar-refractivity contribution in [2.24, 2.45) is 5.92 Å². The smallest absolute Gasteiger partial charge is 0.317 e.